The molecule has 4 nitrogen and oxygen atoms in total. The van der Waals surface area contributed by atoms with E-state index >= 15 is 0 Å². The number of nitrogens with one attached hydrogen (secondary N) is 1. The lowest BCUT2D eigenvalue weighted by Gasteiger charge is -2.03. The van der Waals surface area contributed by atoms with Gasteiger partial charge in [-0.3, -0.25) is 0 Å². The van der Waals surface area contributed by atoms with Crippen molar-refractivity contribution in [3.63, 3.8) is 0 Å². The van der Waals surface area contributed by atoms with Crippen LogP contribution in [0.2, 0.25) is 0 Å². The third kappa shape index (κ3) is 2.60. The van der Waals surface area contributed by atoms with Gasteiger partial charge in [-0.1, -0.05) is 30.3 Å². The van der Waals surface area contributed by atoms with E-state index in [0.717, 1.165) is 5.56 Å². The van der Waals surface area contributed by atoms with Gasteiger partial charge in [-0.2, -0.15) is 10.4 Å². The highest BCUT2D eigenvalue weighted by Crippen LogP contribution is 2.25. The normalized spacial score (nSPS) is 9.88. The predicted molar refractivity (Wildman–Crippen MR) is 65.9 cm³/mol. The molecule has 1 N–H and O–H groups in total. The quantitative estimate of drug-likeness (QED) is 0.841. The zero-order chi connectivity index (χ0) is 12.1. The topological polar surface area (TPSA) is 61.7 Å². The maximum Gasteiger partial charge on any atom is 0.229 e. The van der Waals surface area contributed by atoms with Crippen LogP contribution >= 0.6 is 11.8 Å². The van der Waals surface area contributed by atoms with Crippen LogP contribution in [-0.2, 0) is 6.61 Å². The van der Waals surface area contributed by atoms with Crippen LogP contribution in [0, 0.1) is 11.3 Å². The van der Waals surface area contributed by atoms with E-state index < -0.39 is 0 Å². The fourth-order valence-electron chi connectivity index (χ4n) is 1.39. The number of nitrogens with zero attached hydrogens (tertiary/aromatic N) is 2. The molecule has 0 bridgehead atoms. The van der Waals surface area contributed by atoms with E-state index in [-0.39, 0.29) is 0 Å². The molecular formula is C12H11N3OS. The van der Waals surface area contributed by atoms with Crippen LogP contribution in [0.4, 0.5) is 0 Å². The average Bonchev–Trinajstić information content (AvgIpc) is 2.79. The van der Waals surface area contributed by atoms with Gasteiger partial charge in [0.1, 0.15) is 23.3 Å². The molecule has 17 heavy (non-hydrogen) atoms. The second-order valence-corrected chi connectivity index (χ2v) is 4.12. The highest BCUT2D eigenvalue weighted by atomic mass is 32.2. The second kappa shape index (κ2) is 5.41. The van der Waals surface area contributed by atoms with Crippen LogP contribution in [0.25, 0.3) is 0 Å². The summed E-state index contributed by atoms with van der Waals surface area (Å²) in [5, 5.41) is 16.4. The zero-order valence-corrected chi connectivity index (χ0v) is 10.1. The van der Waals surface area contributed by atoms with Crippen LogP contribution < -0.4 is 4.74 Å². The Morgan fingerprint density at radius 3 is 2.82 bits per heavy atom. The van der Waals surface area contributed by atoms with E-state index in [1.807, 2.05) is 36.6 Å². The van der Waals surface area contributed by atoms with E-state index in [2.05, 4.69) is 16.3 Å². The van der Waals surface area contributed by atoms with E-state index in [1.54, 1.807) is 0 Å². The van der Waals surface area contributed by atoms with Crippen molar-refractivity contribution in [1.82, 2.24) is 10.2 Å². The number of H-pyrrole nitrogens is 1. The summed E-state index contributed by atoms with van der Waals surface area (Å²) in [4.78, 5) is 0. The van der Waals surface area contributed by atoms with Crippen molar-refractivity contribution >= 4 is 11.8 Å². The van der Waals surface area contributed by atoms with E-state index in [9.17, 15) is 0 Å². The van der Waals surface area contributed by atoms with Crippen molar-refractivity contribution in [3.8, 4) is 11.9 Å². The number of nitriles is 1. The third-order valence-corrected chi connectivity index (χ3v) is 2.91. The van der Waals surface area contributed by atoms with Gasteiger partial charge < -0.3 is 4.74 Å². The molecule has 0 saturated carbocycles. The Balaban J connectivity index is 2.10. The first kappa shape index (κ1) is 11.6. The number of benzene rings is 1. The van der Waals surface area contributed by atoms with Crippen molar-refractivity contribution in [3.05, 3.63) is 41.5 Å². The number of hydrogen-bond donors (Lipinski definition) is 1. The molecule has 0 aliphatic heterocycles. The maximum absolute atomic E-state index is 9.01. The SMILES string of the molecule is CSc1n[nH]c(OCc2ccccc2)c1C#N. The van der Waals surface area contributed by atoms with Crippen molar-refractivity contribution in [2.45, 2.75) is 11.6 Å². The minimum Gasteiger partial charge on any atom is -0.472 e. The molecule has 0 spiro atoms. The van der Waals surface area contributed by atoms with Gasteiger partial charge >= 0.3 is 0 Å². The lowest BCUT2D eigenvalue weighted by atomic mass is 10.2. The number of aromatic nitrogens is 2. The standard InChI is InChI=1S/C12H11N3OS/c1-17-12-10(7-13)11(14-15-12)16-8-9-5-3-2-4-6-9/h2-6H,8H2,1H3,(H,14,15). The Morgan fingerprint density at radius 2 is 2.18 bits per heavy atom. The summed E-state index contributed by atoms with van der Waals surface area (Å²) in [7, 11) is 0. The molecule has 0 amide bonds. The van der Waals surface area contributed by atoms with Crippen LogP contribution in [0.15, 0.2) is 35.4 Å². The first-order chi connectivity index (χ1) is 8.35. The lowest BCUT2D eigenvalue weighted by molar-refractivity contribution is 0.292. The first-order valence-corrected chi connectivity index (χ1v) is 6.26. The molecule has 5 heteroatoms. The molecule has 2 aromatic rings. The van der Waals surface area contributed by atoms with Gasteiger partial charge in [0.25, 0.3) is 0 Å². The van der Waals surface area contributed by atoms with Crippen molar-refractivity contribution < 1.29 is 4.74 Å². The van der Waals surface area contributed by atoms with Gasteiger partial charge in [0, 0.05) is 0 Å². The summed E-state index contributed by atoms with van der Waals surface area (Å²) in [6.07, 6.45) is 1.87. The molecule has 2 rings (SSSR count). The second-order valence-electron chi connectivity index (χ2n) is 3.32. The smallest absolute Gasteiger partial charge is 0.229 e. The highest BCUT2D eigenvalue weighted by Gasteiger charge is 2.13. The summed E-state index contributed by atoms with van der Waals surface area (Å²) < 4.78 is 5.54. The van der Waals surface area contributed by atoms with Crippen LogP contribution in [0.5, 0.6) is 5.88 Å². The van der Waals surface area contributed by atoms with Crippen LogP contribution in [0.1, 0.15) is 11.1 Å². The third-order valence-electron chi connectivity index (χ3n) is 2.23. The Kier molecular flexibility index (Phi) is 3.68. The Bertz CT molecular complexity index is 530. The highest BCUT2D eigenvalue weighted by molar-refractivity contribution is 7.98. The summed E-state index contributed by atoms with van der Waals surface area (Å²) in [6, 6.07) is 11.9. The fourth-order valence-corrected chi connectivity index (χ4v) is 1.87. The van der Waals surface area contributed by atoms with Crippen LogP contribution in [0.3, 0.4) is 0 Å². The molecule has 0 aliphatic rings. The molecular weight excluding hydrogens is 234 g/mol. The summed E-state index contributed by atoms with van der Waals surface area (Å²) in [5.41, 5.74) is 1.52. The fraction of sp³-hybridized carbons (Fsp3) is 0.167. The number of thioether (sulfide) groups is 1. The van der Waals surface area contributed by atoms with E-state index in [4.69, 9.17) is 10.00 Å². The molecule has 1 aromatic carbocycles. The maximum atomic E-state index is 9.01. The Labute approximate surface area is 104 Å². The Hall–Kier alpha value is -1.93. The van der Waals surface area contributed by atoms with Gasteiger partial charge in [-0.25, -0.2) is 5.10 Å². The van der Waals surface area contributed by atoms with Crippen molar-refractivity contribution in [2.24, 2.45) is 0 Å². The molecule has 1 heterocycles. The van der Waals surface area contributed by atoms with Crippen LogP contribution in [-0.4, -0.2) is 16.5 Å². The minimum absolute atomic E-state index is 0.422. The lowest BCUT2D eigenvalue weighted by Crippen LogP contribution is -1.96. The molecule has 0 unspecified atom stereocenters. The van der Waals surface area contributed by atoms with E-state index in [0.29, 0.717) is 23.1 Å². The molecule has 0 fully saturated rings. The van der Waals surface area contributed by atoms with Gasteiger partial charge in [0.2, 0.25) is 5.88 Å². The minimum atomic E-state index is 0.422. The van der Waals surface area contributed by atoms with Gasteiger partial charge in [0.15, 0.2) is 0 Å². The van der Waals surface area contributed by atoms with Crippen molar-refractivity contribution in [1.29, 1.82) is 5.26 Å². The zero-order valence-electron chi connectivity index (χ0n) is 9.30. The van der Waals surface area contributed by atoms with Crippen molar-refractivity contribution in [2.75, 3.05) is 6.26 Å². The predicted octanol–water partition coefficient (Wildman–Crippen LogP) is 2.58. The monoisotopic (exact) mass is 245 g/mol. The molecule has 0 radical (unpaired) electrons. The largest absolute Gasteiger partial charge is 0.472 e. The molecule has 0 atom stereocenters. The van der Waals surface area contributed by atoms with Gasteiger partial charge in [-0.15, -0.1) is 11.8 Å². The number of aromatic amines is 1. The van der Waals surface area contributed by atoms with Gasteiger partial charge in [0.05, 0.1) is 0 Å². The first-order valence-electron chi connectivity index (χ1n) is 5.04. The number of rotatable bonds is 4. The summed E-state index contributed by atoms with van der Waals surface area (Å²) in [5.74, 6) is 0.431. The molecule has 1 aromatic heterocycles. The summed E-state index contributed by atoms with van der Waals surface area (Å²) in [6.45, 7) is 0.422. The molecule has 0 aliphatic carbocycles. The average molecular weight is 245 g/mol. The number of ether oxygens (including phenoxy) is 1. The Morgan fingerprint density at radius 1 is 1.41 bits per heavy atom. The van der Waals surface area contributed by atoms with Gasteiger partial charge in [-0.05, 0) is 11.8 Å². The number of hydrogen-bond acceptors (Lipinski definition) is 4. The molecule has 86 valence electrons. The summed E-state index contributed by atoms with van der Waals surface area (Å²) >= 11 is 1.42. The van der Waals surface area contributed by atoms with E-state index in [1.165, 1.54) is 11.8 Å². The molecule has 0 saturated heterocycles.